The van der Waals surface area contributed by atoms with Gasteiger partial charge in [0.25, 0.3) is 17.5 Å². The second kappa shape index (κ2) is 9.39. The lowest BCUT2D eigenvalue weighted by Gasteiger charge is -2.23. The molecule has 2 aromatic carbocycles. The Bertz CT molecular complexity index is 954. The molecule has 8 heteroatoms. The second-order valence-electron chi connectivity index (χ2n) is 7.47. The summed E-state index contributed by atoms with van der Waals surface area (Å²) >= 11 is 0. The van der Waals surface area contributed by atoms with Crippen LogP contribution < -0.4 is 15.5 Å². The average molecular weight is 410 g/mol. The van der Waals surface area contributed by atoms with E-state index in [1.165, 1.54) is 24.3 Å². The number of nitro groups is 1. The number of amides is 2. The molecule has 1 aliphatic heterocycles. The van der Waals surface area contributed by atoms with Crippen LogP contribution in [-0.4, -0.2) is 35.9 Å². The molecule has 0 saturated carbocycles. The first-order chi connectivity index (χ1) is 14.4. The molecule has 2 amide bonds. The Balaban J connectivity index is 1.87. The summed E-state index contributed by atoms with van der Waals surface area (Å²) in [5, 5.41) is 16.7. The number of carbonyl (C=O) groups is 2. The zero-order valence-corrected chi connectivity index (χ0v) is 17.2. The van der Waals surface area contributed by atoms with E-state index in [4.69, 9.17) is 0 Å². The summed E-state index contributed by atoms with van der Waals surface area (Å²) in [5.41, 5.74) is 1.85. The Morgan fingerprint density at radius 2 is 1.87 bits per heavy atom. The number of non-ortho nitro benzene ring substituents is 1. The molecule has 1 fully saturated rings. The van der Waals surface area contributed by atoms with Crippen molar-refractivity contribution in [3.8, 4) is 0 Å². The largest absolute Gasteiger partial charge is 0.371 e. The van der Waals surface area contributed by atoms with Gasteiger partial charge in [-0.3, -0.25) is 19.7 Å². The molecule has 0 aliphatic carbocycles. The van der Waals surface area contributed by atoms with E-state index in [0.717, 1.165) is 38.0 Å². The van der Waals surface area contributed by atoms with Crippen LogP contribution in [0.3, 0.4) is 0 Å². The number of nitro benzene ring substituents is 1. The van der Waals surface area contributed by atoms with Crippen LogP contribution in [0.25, 0.3) is 0 Å². The van der Waals surface area contributed by atoms with Crippen LogP contribution in [-0.2, 0) is 0 Å². The molecule has 2 aromatic rings. The van der Waals surface area contributed by atoms with Gasteiger partial charge < -0.3 is 15.5 Å². The van der Waals surface area contributed by atoms with Crippen molar-refractivity contribution in [2.45, 2.75) is 39.2 Å². The first-order valence-electron chi connectivity index (χ1n) is 10.1. The summed E-state index contributed by atoms with van der Waals surface area (Å²) in [5.74, 6) is -0.654. The zero-order valence-electron chi connectivity index (χ0n) is 17.2. The SMILES string of the molecule is CCC(C)NC(=O)c1cc(NC(=O)c2cccc([N+](=O)[O-])c2)ccc1N1CCCC1. The van der Waals surface area contributed by atoms with Gasteiger partial charge in [0.2, 0.25) is 0 Å². The number of anilines is 2. The van der Waals surface area contributed by atoms with Gasteiger partial charge >= 0.3 is 0 Å². The van der Waals surface area contributed by atoms with E-state index in [1.54, 1.807) is 12.1 Å². The Hall–Kier alpha value is -3.42. The number of hydrogen-bond acceptors (Lipinski definition) is 5. The maximum Gasteiger partial charge on any atom is 0.270 e. The molecule has 1 unspecified atom stereocenters. The number of nitrogens with one attached hydrogen (secondary N) is 2. The minimum absolute atomic E-state index is 0.0343. The molecule has 0 aromatic heterocycles. The molecule has 1 saturated heterocycles. The first-order valence-corrected chi connectivity index (χ1v) is 10.1. The van der Waals surface area contributed by atoms with Crippen molar-refractivity contribution < 1.29 is 14.5 Å². The molecule has 8 nitrogen and oxygen atoms in total. The van der Waals surface area contributed by atoms with Gasteiger partial charge in [-0.15, -0.1) is 0 Å². The van der Waals surface area contributed by atoms with Crippen molar-refractivity contribution in [1.82, 2.24) is 5.32 Å². The van der Waals surface area contributed by atoms with Crippen LogP contribution in [0, 0.1) is 10.1 Å². The molecule has 30 heavy (non-hydrogen) atoms. The minimum Gasteiger partial charge on any atom is -0.371 e. The number of nitrogens with zero attached hydrogens (tertiary/aromatic N) is 2. The molecule has 0 bridgehead atoms. The lowest BCUT2D eigenvalue weighted by atomic mass is 10.1. The lowest BCUT2D eigenvalue weighted by molar-refractivity contribution is -0.384. The smallest absolute Gasteiger partial charge is 0.270 e. The minimum atomic E-state index is -0.543. The van der Waals surface area contributed by atoms with E-state index in [0.29, 0.717) is 11.3 Å². The van der Waals surface area contributed by atoms with E-state index in [2.05, 4.69) is 15.5 Å². The first kappa shape index (κ1) is 21.3. The molecule has 1 aliphatic rings. The van der Waals surface area contributed by atoms with Gasteiger partial charge in [0, 0.05) is 48.2 Å². The maximum atomic E-state index is 12.9. The van der Waals surface area contributed by atoms with Crippen molar-refractivity contribution >= 4 is 28.9 Å². The highest BCUT2D eigenvalue weighted by Crippen LogP contribution is 2.28. The van der Waals surface area contributed by atoms with Gasteiger partial charge in [0.15, 0.2) is 0 Å². The van der Waals surface area contributed by atoms with E-state index in [-0.39, 0.29) is 23.2 Å². The average Bonchev–Trinajstić information content (AvgIpc) is 3.28. The summed E-state index contributed by atoms with van der Waals surface area (Å²) < 4.78 is 0. The maximum absolute atomic E-state index is 12.9. The summed E-state index contributed by atoms with van der Waals surface area (Å²) in [6.45, 7) is 5.73. The Morgan fingerprint density at radius 1 is 1.13 bits per heavy atom. The Morgan fingerprint density at radius 3 is 2.53 bits per heavy atom. The van der Waals surface area contributed by atoms with Crippen LogP contribution in [0.2, 0.25) is 0 Å². The topological polar surface area (TPSA) is 105 Å². The van der Waals surface area contributed by atoms with E-state index < -0.39 is 10.8 Å². The Kier molecular flexibility index (Phi) is 6.66. The van der Waals surface area contributed by atoms with Crippen LogP contribution in [0.5, 0.6) is 0 Å². The molecular formula is C22H26N4O4. The van der Waals surface area contributed by atoms with Gasteiger partial charge in [0.1, 0.15) is 0 Å². The van der Waals surface area contributed by atoms with Gasteiger partial charge in [-0.25, -0.2) is 0 Å². The predicted octanol–water partition coefficient (Wildman–Crippen LogP) is 3.98. The van der Waals surface area contributed by atoms with Crippen LogP contribution in [0.1, 0.15) is 53.8 Å². The highest BCUT2D eigenvalue weighted by molar-refractivity contribution is 6.06. The van der Waals surface area contributed by atoms with Crippen LogP contribution in [0.4, 0.5) is 17.1 Å². The van der Waals surface area contributed by atoms with E-state index in [1.807, 2.05) is 19.9 Å². The summed E-state index contributed by atoms with van der Waals surface area (Å²) in [6.07, 6.45) is 2.98. The second-order valence-corrected chi connectivity index (χ2v) is 7.47. The predicted molar refractivity (Wildman–Crippen MR) is 116 cm³/mol. The van der Waals surface area contributed by atoms with Crippen molar-refractivity contribution in [1.29, 1.82) is 0 Å². The highest BCUT2D eigenvalue weighted by Gasteiger charge is 2.21. The molecule has 158 valence electrons. The van der Waals surface area contributed by atoms with E-state index in [9.17, 15) is 19.7 Å². The number of hydrogen-bond donors (Lipinski definition) is 2. The number of benzene rings is 2. The van der Waals surface area contributed by atoms with Crippen LogP contribution >= 0.6 is 0 Å². The fourth-order valence-corrected chi connectivity index (χ4v) is 3.40. The van der Waals surface area contributed by atoms with Crippen molar-refractivity contribution in [2.24, 2.45) is 0 Å². The number of rotatable bonds is 7. The molecule has 2 N–H and O–H groups in total. The fourth-order valence-electron chi connectivity index (χ4n) is 3.40. The standard InChI is InChI=1S/C22H26N4O4/c1-3-15(2)23-22(28)19-14-17(9-10-20(19)25-11-4-5-12-25)24-21(27)16-7-6-8-18(13-16)26(29)30/h6-10,13-15H,3-5,11-12H2,1-2H3,(H,23,28)(H,24,27). The van der Waals surface area contributed by atoms with Gasteiger partial charge in [-0.05, 0) is 50.5 Å². The third-order valence-electron chi connectivity index (χ3n) is 5.25. The fraction of sp³-hybridized carbons (Fsp3) is 0.364. The van der Waals surface area contributed by atoms with E-state index >= 15 is 0 Å². The molecular weight excluding hydrogens is 384 g/mol. The molecule has 0 radical (unpaired) electrons. The third kappa shape index (κ3) is 4.94. The molecule has 0 spiro atoms. The molecule has 1 heterocycles. The number of carbonyl (C=O) groups excluding carboxylic acids is 2. The van der Waals surface area contributed by atoms with Crippen molar-refractivity contribution in [3.05, 3.63) is 63.7 Å². The van der Waals surface area contributed by atoms with Gasteiger partial charge in [-0.2, -0.15) is 0 Å². The zero-order chi connectivity index (χ0) is 21.7. The van der Waals surface area contributed by atoms with Gasteiger partial charge in [0.05, 0.1) is 10.5 Å². The van der Waals surface area contributed by atoms with Crippen LogP contribution in [0.15, 0.2) is 42.5 Å². The summed E-state index contributed by atoms with van der Waals surface area (Å²) in [7, 11) is 0. The third-order valence-corrected chi connectivity index (χ3v) is 5.25. The monoisotopic (exact) mass is 410 g/mol. The highest BCUT2D eigenvalue weighted by atomic mass is 16.6. The molecule has 1 atom stereocenters. The normalized spacial score (nSPS) is 14.3. The van der Waals surface area contributed by atoms with Crippen molar-refractivity contribution in [3.63, 3.8) is 0 Å². The lowest BCUT2D eigenvalue weighted by Crippen LogP contribution is -2.33. The molecule has 3 rings (SSSR count). The summed E-state index contributed by atoms with van der Waals surface area (Å²) in [4.78, 5) is 38.1. The van der Waals surface area contributed by atoms with Gasteiger partial charge in [-0.1, -0.05) is 13.0 Å². The van der Waals surface area contributed by atoms with Crippen molar-refractivity contribution in [2.75, 3.05) is 23.3 Å². The quantitative estimate of drug-likeness (QED) is 0.531. The summed E-state index contributed by atoms with van der Waals surface area (Å²) in [6, 6.07) is 10.8. The Labute approximate surface area is 175 Å².